The van der Waals surface area contributed by atoms with Crippen molar-refractivity contribution in [2.24, 2.45) is 5.10 Å². The number of nitrogens with zero attached hydrogens (tertiary/aromatic N) is 2. The summed E-state index contributed by atoms with van der Waals surface area (Å²) >= 11 is 5.94. The number of hydrogen-bond donors (Lipinski definition) is 0. The van der Waals surface area contributed by atoms with Gasteiger partial charge in [-0.15, -0.1) is 5.10 Å². The molecule has 112 valence electrons. The zero-order valence-corrected chi connectivity index (χ0v) is 13.0. The number of hydrazone groups is 1. The predicted octanol–water partition coefficient (Wildman–Crippen LogP) is 3.75. The van der Waals surface area contributed by atoms with Crippen LogP contribution >= 0.6 is 11.6 Å². The van der Waals surface area contributed by atoms with Crippen LogP contribution in [0.25, 0.3) is 0 Å². The fourth-order valence-corrected chi connectivity index (χ4v) is 2.57. The number of benzene rings is 2. The molecule has 1 atom stereocenters. The SMILES string of the molecule is CC(=O)N1N=C(c2ccccc2)O[C@@]1(C)c1ccc(Cl)cc1. The van der Waals surface area contributed by atoms with E-state index in [-0.39, 0.29) is 5.91 Å². The smallest absolute Gasteiger partial charge is 0.243 e. The van der Waals surface area contributed by atoms with E-state index in [1.807, 2.05) is 49.4 Å². The van der Waals surface area contributed by atoms with Crippen LogP contribution in [0, 0.1) is 0 Å². The maximum atomic E-state index is 12.0. The van der Waals surface area contributed by atoms with Crippen molar-refractivity contribution in [2.75, 3.05) is 0 Å². The first kappa shape index (κ1) is 14.6. The predicted molar refractivity (Wildman–Crippen MR) is 85.4 cm³/mol. The number of carbonyl (C=O) groups is 1. The molecular weight excluding hydrogens is 300 g/mol. The molecule has 1 amide bonds. The summed E-state index contributed by atoms with van der Waals surface area (Å²) in [5.74, 6) is 0.233. The Labute approximate surface area is 134 Å². The van der Waals surface area contributed by atoms with E-state index in [2.05, 4.69) is 5.10 Å². The van der Waals surface area contributed by atoms with E-state index in [0.29, 0.717) is 10.9 Å². The second-order valence-electron chi connectivity index (χ2n) is 5.19. The van der Waals surface area contributed by atoms with E-state index in [1.54, 1.807) is 12.1 Å². The summed E-state index contributed by atoms with van der Waals surface area (Å²) in [6.45, 7) is 3.28. The van der Waals surface area contributed by atoms with Gasteiger partial charge in [0.05, 0.1) is 0 Å². The van der Waals surface area contributed by atoms with Gasteiger partial charge in [0, 0.05) is 30.0 Å². The minimum Gasteiger partial charge on any atom is -0.443 e. The molecule has 4 nitrogen and oxygen atoms in total. The summed E-state index contributed by atoms with van der Waals surface area (Å²) in [6, 6.07) is 16.7. The Morgan fingerprint density at radius 3 is 2.36 bits per heavy atom. The van der Waals surface area contributed by atoms with E-state index in [9.17, 15) is 4.79 Å². The molecule has 0 radical (unpaired) electrons. The van der Waals surface area contributed by atoms with Crippen molar-refractivity contribution < 1.29 is 9.53 Å². The summed E-state index contributed by atoms with van der Waals surface area (Å²) in [5, 5.41) is 6.34. The maximum Gasteiger partial charge on any atom is 0.243 e. The zero-order valence-electron chi connectivity index (χ0n) is 12.3. The van der Waals surface area contributed by atoms with Crippen LogP contribution in [0.2, 0.25) is 5.02 Å². The largest absolute Gasteiger partial charge is 0.443 e. The van der Waals surface area contributed by atoms with Gasteiger partial charge < -0.3 is 4.74 Å². The molecule has 0 aliphatic carbocycles. The number of rotatable bonds is 2. The van der Waals surface area contributed by atoms with E-state index in [0.717, 1.165) is 11.1 Å². The zero-order chi connectivity index (χ0) is 15.7. The van der Waals surface area contributed by atoms with Gasteiger partial charge in [-0.3, -0.25) is 4.79 Å². The Kier molecular flexibility index (Phi) is 3.62. The molecule has 0 bridgehead atoms. The minimum absolute atomic E-state index is 0.191. The lowest BCUT2D eigenvalue weighted by Gasteiger charge is -2.31. The van der Waals surface area contributed by atoms with Crippen molar-refractivity contribution in [2.45, 2.75) is 19.6 Å². The molecule has 0 saturated heterocycles. The van der Waals surface area contributed by atoms with Gasteiger partial charge in [-0.2, -0.15) is 5.01 Å². The molecule has 5 heteroatoms. The Balaban J connectivity index is 2.02. The number of halogens is 1. The molecule has 0 fully saturated rings. The van der Waals surface area contributed by atoms with Crippen molar-refractivity contribution >= 4 is 23.4 Å². The third-order valence-corrected chi connectivity index (χ3v) is 3.84. The Morgan fingerprint density at radius 2 is 1.77 bits per heavy atom. The summed E-state index contributed by atoms with van der Waals surface area (Å²) in [7, 11) is 0. The van der Waals surface area contributed by atoms with Crippen LogP contribution in [0.4, 0.5) is 0 Å². The molecule has 22 heavy (non-hydrogen) atoms. The van der Waals surface area contributed by atoms with Crippen LogP contribution in [0.15, 0.2) is 59.7 Å². The first-order valence-corrected chi connectivity index (χ1v) is 7.28. The number of amides is 1. The fraction of sp³-hybridized carbons (Fsp3) is 0.176. The molecular formula is C17H15ClN2O2. The number of carbonyl (C=O) groups excluding carboxylic acids is 1. The standard InChI is InChI=1S/C17H15ClN2O2/c1-12(21)20-17(2,14-8-10-15(18)11-9-14)22-16(19-20)13-6-4-3-5-7-13/h3-11H,1-2H3/t17-/m0/s1. The Hall–Kier alpha value is -2.33. The molecule has 2 aromatic rings. The highest BCUT2D eigenvalue weighted by molar-refractivity contribution is 6.30. The van der Waals surface area contributed by atoms with Crippen molar-refractivity contribution in [1.29, 1.82) is 0 Å². The van der Waals surface area contributed by atoms with Gasteiger partial charge in [0.1, 0.15) is 0 Å². The number of hydrogen-bond acceptors (Lipinski definition) is 3. The van der Waals surface area contributed by atoms with E-state index in [1.165, 1.54) is 11.9 Å². The molecule has 2 aromatic carbocycles. The minimum atomic E-state index is -0.985. The molecule has 1 heterocycles. The average molecular weight is 315 g/mol. The van der Waals surface area contributed by atoms with Gasteiger partial charge in [0.25, 0.3) is 0 Å². The summed E-state index contributed by atoms with van der Waals surface area (Å²) in [6.07, 6.45) is 0. The van der Waals surface area contributed by atoms with E-state index < -0.39 is 5.72 Å². The summed E-state index contributed by atoms with van der Waals surface area (Å²) in [5.41, 5.74) is 0.648. The van der Waals surface area contributed by atoms with Gasteiger partial charge in [0.2, 0.25) is 17.5 Å². The molecule has 0 unspecified atom stereocenters. The van der Waals surface area contributed by atoms with Crippen molar-refractivity contribution in [3.8, 4) is 0 Å². The summed E-state index contributed by atoms with van der Waals surface area (Å²) in [4.78, 5) is 12.0. The lowest BCUT2D eigenvalue weighted by Crippen LogP contribution is -2.41. The van der Waals surface area contributed by atoms with Crippen LogP contribution in [0.3, 0.4) is 0 Å². The van der Waals surface area contributed by atoms with Crippen molar-refractivity contribution in [3.05, 3.63) is 70.7 Å². The van der Waals surface area contributed by atoms with E-state index >= 15 is 0 Å². The molecule has 1 aliphatic rings. The summed E-state index contributed by atoms with van der Waals surface area (Å²) < 4.78 is 6.05. The second-order valence-corrected chi connectivity index (χ2v) is 5.63. The Morgan fingerprint density at radius 1 is 1.14 bits per heavy atom. The lowest BCUT2D eigenvalue weighted by molar-refractivity contribution is -0.146. The molecule has 0 spiro atoms. The first-order chi connectivity index (χ1) is 10.5. The van der Waals surface area contributed by atoms with Gasteiger partial charge in [-0.25, -0.2) is 0 Å². The third kappa shape index (κ3) is 2.46. The highest BCUT2D eigenvalue weighted by Crippen LogP contribution is 2.36. The van der Waals surface area contributed by atoms with Crippen molar-refractivity contribution in [3.63, 3.8) is 0 Å². The van der Waals surface area contributed by atoms with E-state index in [4.69, 9.17) is 16.3 Å². The van der Waals surface area contributed by atoms with Gasteiger partial charge >= 0.3 is 0 Å². The molecule has 1 aliphatic heterocycles. The van der Waals surface area contributed by atoms with Crippen LogP contribution in [-0.4, -0.2) is 16.8 Å². The quantitative estimate of drug-likeness (QED) is 0.847. The fourth-order valence-electron chi connectivity index (χ4n) is 2.45. The molecule has 0 aromatic heterocycles. The Bertz CT molecular complexity index is 728. The average Bonchev–Trinajstić information content (AvgIpc) is 2.88. The van der Waals surface area contributed by atoms with Gasteiger partial charge in [-0.05, 0) is 24.3 Å². The van der Waals surface area contributed by atoms with Gasteiger partial charge in [0.15, 0.2) is 0 Å². The topological polar surface area (TPSA) is 41.9 Å². The maximum absolute atomic E-state index is 12.0. The van der Waals surface area contributed by atoms with Crippen molar-refractivity contribution in [1.82, 2.24) is 5.01 Å². The van der Waals surface area contributed by atoms with Crippen LogP contribution in [0.1, 0.15) is 25.0 Å². The molecule has 3 rings (SSSR count). The number of ether oxygens (including phenoxy) is 1. The highest BCUT2D eigenvalue weighted by Gasteiger charge is 2.44. The van der Waals surface area contributed by atoms with Crippen LogP contribution in [-0.2, 0) is 15.3 Å². The van der Waals surface area contributed by atoms with Crippen LogP contribution < -0.4 is 0 Å². The third-order valence-electron chi connectivity index (χ3n) is 3.59. The van der Waals surface area contributed by atoms with Gasteiger partial charge in [-0.1, -0.05) is 41.9 Å². The lowest BCUT2D eigenvalue weighted by atomic mass is 10.0. The van der Waals surface area contributed by atoms with Crippen LogP contribution in [0.5, 0.6) is 0 Å². The first-order valence-electron chi connectivity index (χ1n) is 6.90. The molecule has 0 saturated carbocycles. The highest BCUT2D eigenvalue weighted by atomic mass is 35.5. The molecule has 0 N–H and O–H groups in total. The monoisotopic (exact) mass is 314 g/mol. The second kappa shape index (κ2) is 5.46. The normalized spacial score (nSPS) is 20.5.